The zero-order chi connectivity index (χ0) is 26.6. The number of nitrogens with zero attached hydrogens (tertiary/aromatic N) is 5. The van der Waals surface area contributed by atoms with Gasteiger partial charge in [-0.2, -0.15) is 4.99 Å². The second-order valence-corrected chi connectivity index (χ2v) is 9.47. The van der Waals surface area contributed by atoms with Crippen LogP contribution in [0.25, 0.3) is 11.3 Å². The van der Waals surface area contributed by atoms with E-state index in [2.05, 4.69) is 19.9 Å². The van der Waals surface area contributed by atoms with Gasteiger partial charge in [-0.05, 0) is 58.7 Å². The van der Waals surface area contributed by atoms with Crippen molar-refractivity contribution in [2.45, 2.75) is 60.7 Å². The first-order chi connectivity index (χ1) is 16.9. The highest BCUT2D eigenvalue weighted by Gasteiger charge is 2.22. The van der Waals surface area contributed by atoms with E-state index in [0.717, 1.165) is 16.7 Å². The van der Waals surface area contributed by atoms with Crippen LogP contribution in [-0.4, -0.2) is 32.3 Å². The number of halogens is 1. The molecular formula is C26H30ClN5O4. The van der Waals surface area contributed by atoms with Gasteiger partial charge in [0.15, 0.2) is 11.7 Å². The molecule has 2 aromatic heterocycles. The predicted octanol–water partition coefficient (Wildman–Crippen LogP) is 5.31. The maximum Gasteiger partial charge on any atom is 0.230 e. The quantitative estimate of drug-likeness (QED) is 0.188. The zero-order valence-electron chi connectivity index (χ0n) is 21.5. The third kappa shape index (κ3) is 6.35. The number of benzene rings is 1. The minimum atomic E-state index is -1.19. The summed E-state index contributed by atoms with van der Waals surface area (Å²) in [5, 5.41) is 10.7. The third-order valence-electron chi connectivity index (χ3n) is 5.30. The molecule has 10 heteroatoms. The second kappa shape index (κ2) is 11.0. The Bertz CT molecular complexity index is 1320. The number of oxazole rings is 1. The number of amidine groups is 1. The monoisotopic (exact) mass is 511 g/mol. The minimum Gasteiger partial charge on any atom is -0.470 e. The van der Waals surface area contributed by atoms with E-state index in [0.29, 0.717) is 46.1 Å². The Labute approximate surface area is 215 Å². The molecule has 0 atom stereocenters. The molecule has 0 aliphatic rings. The molecule has 9 nitrogen and oxygen atoms in total. The van der Waals surface area contributed by atoms with E-state index in [1.165, 1.54) is 11.2 Å². The van der Waals surface area contributed by atoms with Crippen LogP contribution in [0.2, 0.25) is 0 Å². The number of allylic oxidation sites excluding steroid dienone is 1. The number of rotatable bonds is 8. The fourth-order valence-electron chi connectivity index (χ4n) is 3.38. The maximum atomic E-state index is 12.2. The van der Waals surface area contributed by atoms with Crippen LogP contribution in [-0.2, 0) is 21.7 Å². The fraction of sp³-hybridized carbons (Fsp3) is 0.346. The van der Waals surface area contributed by atoms with Crippen molar-refractivity contribution in [1.82, 2.24) is 15.0 Å². The van der Waals surface area contributed by atoms with E-state index in [1.807, 2.05) is 32.0 Å². The molecule has 36 heavy (non-hydrogen) atoms. The number of carbonyl (C=O) groups is 1. The number of hydrogen-bond acceptors (Lipinski definition) is 8. The molecule has 0 spiro atoms. The van der Waals surface area contributed by atoms with Crippen molar-refractivity contribution in [2.24, 2.45) is 4.99 Å². The number of carbonyl (C=O) groups excluding carboxylic acids is 1. The van der Waals surface area contributed by atoms with Crippen molar-refractivity contribution in [3.8, 4) is 11.3 Å². The van der Waals surface area contributed by atoms with Gasteiger partial charge in [0.05, 0.1) is 16.4 Å². The van der Waals surface area contributed by atoms with Gasteiger partial charge < -0.3 is 14.3 Å². The normalized spacial score (nSPS) is 12.9. The topological polar surface area (TPSA) is 114 Å². The summed E-state index contributed by atoms with van der Waals surface area (Å²) in [7, 11) is 0. The van der Waals surface area contributed by atoms with Gasteiger partial charge in [0.25, 0.3) is 0 Å². The van der Waals surface area contributed by atoms with Gasteiger partial charge in [0.1, 0.15) is 30.0 Å². The molecule has 0 saturated heterocycles. The number of aryl methyl sites for hydroxylation is 3. The Morgan fingerprint density at radius 3 is 2.53 bits per heavy atom. The van der Waals surface area contributed by atoms with Crippen molar-refractivity contribution >= 4 is 29.5 Å². The largest absolute Gasteiger partial charge is 0.470 e. The fourth-order valence-corrected chi connectivity index (χ4v) is 3.48. The van der Waals surface area contributed by atoms with E-state index in [9.17, 15) is 9.90 Å². The lowest BCUT2D eigenvalue weighted by molar-refractivity contribution is -0.106. The average Bonchev–Trinajstić information content (AvgIpc) is 3.22. The highest BCUT2D eigenvalue weighted by molar-refractivity contribution is 6.29. The molecular weight excluding hydrogens is 482 g/mol. The van der Waals surface area contributed by atoms with E-state index >= 15 is 0 Å². The van der Waals surface area contributed by atoms with Gasteiger partial charge in [-0.15, -0.1) is 0 Å². The number of aromatic nitrogens is 3. The summed E-state index contributed by atoms with van der Waals surface area (Å²) >= 11 is 6.22. The molecule has 0 unspecified atom stereocenters. The predicted molar refractivity (Wildman–Crippen MR) is 138 cm³/mol. The molecule has 0 aliphatic carbocycles. The smallest absolute Gasteiger partial charge is 0.230 e. The third-order valence-corrected chi connectivity index (χ3v) is 5.46. The lowest BCUT2D eigenvalue weighted by atomic mass is 10.0. The Morgan fingerprint density at radius 2 is 1.94 bits per heavy atom. The second-order valence-electron chi connectivity index (χ2n) is 8.91. The van der Waals surface area contributed by atoms with Crippen LogP contribution >= 0.6 is 11.6 Å². The number of aliphatic hydroxyl groups is 1. The van der Waals surface area contributed by atoms with E-state index in [4.69, 9.17) is 20.8 Å². The van der Waals surface area contributed by atoms with E-state index in [1.54, 1.807) is 40.8 Å². The molecule has 1 aromatic carbocycles. The molecule has 2 heterocycles. The van der Waals surface area contributed by atoms with Crippen molar-refractivity contribution < 1.29 is 19.1 Å². The molecule has 0 fully saturated rings. The van der Waals surface area contributed by atoms with Gasteiger partial charge in [-0.3, -0.25) is 9.69 Å². The Balaban J connectivity index is 1.97. The van der Waals surface area contributed by atoms with Gasteiger partial charge in [-0.25, -0.2) is 15.0 Å². The summed E-state index contributed by atoms with van der Waals surface area (Å²) in [5.41, 5.74) is 3.13. The molecule has 0 bridgehead atoms. The SMILES string of the molecule is C/C(=N/C(OCc1coc(C)n1)=C(\C)Cl)N(C=O)c1cc(-c2nc(C(C)(C)O)ncc2C)ccc1C. The van der Waals surface area contributed by atoms with Gasteiger partial charge >= 0.3 is 0 Å². The standard InChI is InChI=1S/C26H30ClN5O4/c1-15-8-9-20(23-16(2)11-28-25(31-23)26(6,7)34)10-22(15)32(14-33)18(4)29-24(17(3)27)36-13-21-12-35-19(5)30-21/h8-12,14,34H,13H2,1-7H3/b24-17-,29-18-. The van der Waals surface area contributed by atoms with Crippen LogP contribution in [0.1, 0.15) is 56.2 Å². The Hall–Kier alpha value is -3.56. The summed E-state index contributed by atoms with van der Waals surface area (Å²) in [4.78, 5) is 31.1. The van der Waals surface area contributed by atoms with Crippen molar-refractivity contribution in [1.29, 1.82) is 0 Å². The number of anilines is 1. The number of ether oxygens (including phenoxy) is 1. The molecule has 3 rings (SSSR count). The molecule has 1 amide bonds. The molecule has 0 saturated carbocycles. The first kappa shape index (κ1) is 27.0. The highest BCUT2D eigenvalue weighted by Crippen LogP contribution is 2.30. The van der Waals surface area contributed by atoms with Crippen LogP contribution in [0.15, 0.2) is 51.0 Å². The van der Waals surface area contributed by atoms with Gasteiger partial charge in [-0.1, -0.05) is 23.7 Å². The van der Waals surface area contributed by atoms with E-state index in [-0.39, 0.29) is 12.5 Å². The Morgan fingerprint density at radius 1 is 1.22 bits per heavy atom. The number of amides is 1. The minimum absolute atomic E-state index is 0.111. The van der Waals surface area contributed by atoms with Crippen LogP contribution in [0.5, 0.6) is 0 Å². The number of hydrogen-bond donors (Lipinski definition) is 1. The molecule has 0 radical (unpaired) electrons. The molecule has 0 aliphatic heterocycles. The molecule has 3 aromatic rings. The molecule has 1 N–H and O–H groups in total. The number of aliphatic imine (C=N–C) groups is 1. The lowest BCUT2D eigenvalue weighted by Gasteiger charge is -2.21. The first-order valence-corrected chi connectivity index (χ1v) is 11.7. The van der Waals surface area contributed by atoms with Crippen LogP contribution in [0, 0.1) is 20.8 Å². The van der Waals surface area contributed by atoms with Gasteiger partial charge in [0.2, 0.25) is 12.3 Å². The summed E-state index contributed by atoms with van der Waals surface area (Å²) in [6.45, 7) is 12.2. The maximum absolute atomic E-state index is 12.2. The lowest BCUT2D eigenvalue weighted by Crippen LogP contribution is -2.28. The van der Waals surface area contributed by atoms with Crippen LogP contribution in [0.4, 0.5) is 5.69 Å². The van der Waals surface area contributed by atoms with Crippen molar-refractivity contribution in [3.63, 3.8) is 0 Å². The Kier molecular flexibility index (Phi) is 8.27. The van der Waals surface area contributed by atoms with Crippen LogP contribution < -0.4 is 4.90 Å². The zero-order valence-corrected chi connectivity index (χ0v) is 22.2. The average molecular weight is 512 g/mol. The van der Waals surface area contributed by atoms with Gasteiger partial charge in [0, 0.05) is 18.7 Å². The first-order valence-electron chi connectivity index (χ1n) is 11.3. The summed E-state index contributed by atoms with van der Waals surface area (Å²) < 4.78 is 10.9. The van der Waals surface area contributed by atoms with Crippen LogP contribution in [0.3, 0.4) is 0 Å². The summed E-state index contributed by atoms with van der Waals surface area (Å²) in [5.74, 6) is 1.35. The van der Waals surface area contributed by atoms with Crippen molar-refractivity contribution in [2.75, 3.05) is 4.90 Å². The van der Waals surface area contributed by atoms with E-state index < -0.39 is 5.60 Å². The summed E-state index contributed by atoms with van der Waals surface area (Å²) in [6.07, 6.45) is 3.85. The molecule has 190 valence electrons. The summed E-state index contributed by atoms with van der Waals surface area (Å²) in [6, 6.07) is 5.66. The highest BCUT2D eigenvalue weighted by atomic mass is 35.5. The van der Waals surface area contributed by atoms with Crippen molar-refractivity contribution in [3.05, 3.63) is 70.1 Å².